The van der Waals surface area contributed by atoms with Crippen molar-refractivity contribution in [1.29, 1.82) is 0 Å². The van der Waals surface area contributed by atoms with Crippen molar-refractivity contribution in [2.45, 2.75) is 5.41 Å². The number of hydrogen-bond donors (Lipinski definition) is 0. The van der Waals surface area contributed by atoms with Crippen molar-refractivity contribution in [2.75, 3.05) is 4.90 Å². The highest BCUT2D eigenvalue weighted by Crippen LogP contribution is 2.67. The lowest BCUT2D eigenvalue weighted by molar-refractivity contribution is 0.477. The van der Waals surface area contributed by atoms with Crippen LogP contribution in [-0.4, -0.2) is 0 Å². The molecular weight excluding hydrogens is 723 g/mol. The molecular formula is C55H33NOS. The first-order chi connectivity index (χ1) is 28.8. The fourth-order valence-electron chi connectivity index (χ4n) is 10.3. The van der Waals surface area contributed by atoms with Gasteiger partial charge in [0.1, 0.15) is 0 Å². The molecule has 1 aromatic heterocycles. The first-order valence-electron chi connectivity index (χ1n) is 19.9. The van der Waals surface area contributed by atoms with E-state index in [0.29, 0.717) is 0 Å². The number of fused-ring (bicyclic) bond motifs is 16. The molecule has 0 amide bonds. The normalized spacial score (nSPS) is 15.4. The Morgan fingerprint density at radius 3 is 1.60 bits per heavy atom. The van der Waals surface area contributed by atoms with Gasteiger partial charge in [-0.2, -0.15) is 0 Å². The molecule has 270 valence electrons. The largest absolute Gasteiger partial charge is 0.453 e. The lowest BCUT2D eigenvalue weighted by Gasteiger charge is -2.35. The zero-order valence-corrected chi connectivity index (χ0v) is 32.1. The van der Waals surface area contributed by atoms with E-state index in [4.69, 9.17) is 4.74 Å². The molecule has 1 aliphatic heterocycles. The minimum absolute atomic E-state index is 0.482. The Morgan fingerprint density at radius 2 is 0.931 bits per heavy atom. The Balaban J connectivity index is 1.09. The number of rotatable bonds is 3. The second-order valence-corrected chi connectivity index (χ2v) is 16.6. The first-order valence-corrected chi connectivity index (χ1v) is 20.7. The zero-order valence-electron chi connectivity index (χ0n) is 31.3. The minimum atomic E-state index is -0.482. The van der Waals surface area contributed by atoms with Gasteiger partial charge in [0, 0.05) is 31.3 Å². The van der Waals surface area contributed by atoms with Crippen LogP contribution in [0.5, 0.6) is 11.5 Å². The molecule has 10 aromatic rings. The van der Waals surface area contributed by atoms with Gasteiger partial charge in [-0.1, -0.05) is 164 Å². The van der Waals surface area contributed by atoms with E-state index in [-0.39, 0.29) is 0 Å². The van der Waals surface area contributed by atoms with Gasteiger partial charge >= 0.3 is 0 Å². The molecule has 13 rings (SSSR count). The topological polar surface area (TPSA) is 12.5 Å². The van der Waals surface area contributed by atoms with Gasteiger partial charge in [0.05, 0.1) is 22.5 Å². The summed E-state index contributed by atoms with van der Waals surface area (Å²) >= 11 is 1.92. The van der Waals surface area contributed by atoms with Crippen LogP contribution in [0, 0.1) is 0 Å². The van der Waals surface area contributed by atoms with Gasteiger partial charge in [0.2, 0.25) is 0 Å². The van der Waals surface area contributed by atoms with Crippen LogP contribution in [-0.2, 0) is 5.41 Å². The Morgan fingerprint density at radius 1 is 0.379 bits per heavy atom. The van der Waals surface area contributed by atoms with Crippen molar-refractivity contribution in [2.24, 2.45) is 0 Å². The van der Waals surface area contributed by atoms with E-state index in [1.165, 1.54) is 64.7 Å². The quantitative estimate of drug-likeness (QED) is 0.178. The number of nitrogens with zero attached hydrogens (tertiary/aromatic N) is 1. The van der Waals surface area contributed by atoms with Crippen molar-refractivity contribution < 1.29 is 4.74 Å². The number of anilines is 3. The van der Waals surface area contributed by atoms with Gasteiger partial charge in [-0.05, 0) is 92.0 Å². The minimum Gasteiger partial charge on any atom is -0.453 e. The van der Waals surface area contributed by atoms with Gasteiger partial charge in [-0.25, -0.2) is 0 Å². The third-order valence-corrected chi connectivity index (χ3v) is 13.9. The van der Waals surface area contributed by atoms with E-state index in [9.17, 15) is 0 Å². The smallest absolute Gasteiger partial charge is 0.152 e. The molecule has 0 saturated heterocycles. The lowest BCUT2D eigenvalue weighted by Crippen LogP contribution is -2.26. The van der Waals surface area contributed by atoms with Crippen LogP contribution >= 0.6 is 11.3 Å². The average Bonchev–Trinajstić information content (AvgIpc) is 3.93. The Hall–Kier alpha value is -7.20. The van der Waals surface area contributed by atoms with E-state index in [1.807, 2.05) is 11.3 Å². The maximum absolute atomic E-state index is 6.95. The summed E-state index contributed by atoms with van der Waals surface area (Å²) < 4.78 is 9.65. The van der Waals surface area contributed by atoms with E-state index in [1.54, 1.807) is 0 Å². The second kappa shape index (κ2) is 11.9. The van der Waals surface area contributed by atoms with E-state index in [0.717, 1.165) is 50.8 Å². The summed E-state index contributed by atoms with van der Waals surface area (Å²) in [6.07, 6.45) is 0. The Bertz CT molecular complexity index is 3240. The molecule has 3 aliphatic rings. The van der Waals surface area contributed by atoms with Crippen molar-refractivity contribution in [3.63, 3.8) is 0 Å². The molecule has 0 bridgehead atoms. The second-order valence-electron chi connectivity index (χ2n) is 15.5. The van der Waals surface area contributed by atoms with Gasteiger partial charge in [-0.3, -0.25) is 0 Å². The molecule has 2 aliphatic carbocycles. The Kier molecular flexibility index (Phi) is 6.56. The Labute approximate surface area is 340 Å². The molecule has 0 radical (unpaired) electrons. The summed E-state index contributed by atoms with van der Waals surface area (Å²) in [6.45, 7) is 0. The molecule has 1 unspecified atom stereocenters. The van der Waals surface area contributed by atoms with Crippen LogP contribution in [0.1, 0.15) is 22.3 Å². The van der Waals surface area contributed by atoms with Crippen molar-refractivity contribution >= 4 is 48.6 Å². The van der Waals surface area contributed by atoms with Crippen LogP contribution < -0.4 is 9.64 Å². The number of hydrogen-bond acceptors (Lipinski definition) is 3. The molecule has 0 saturated carbocycles. The van der Waals surface area contributed by atoms with Crippen molar-refractivity contribution in [3.05, 3.63) is 222 Å². The van der Waals surface area contributed by atoms with E-state index < -0.39 is 5.41 Å². The third-order valence-electron chi connectivity index (χ3n) is 12.7. The highest BCUT2D eigenvalue weighted by molar-refractivity contribution is 7.26. The number of ether oxygens (including phenoxy) is 1. The summed E-state index contributed by atoms with van der Waals surface area (Å²) in [6, 6.07) is 73.4. The molecule has 1 spiro atoms. The number of thiophene rings is 1. The summed E-state index contributed by atoms with van der Waals surface area (Å²) in [5.41, 5.74) is 17.8. The third kappa shape index (κ3) is 4.21. The standard InChI is InChI=1S/C55H33NOS/c1-3-14-34(15-4-1)36-26-30-46-49(32-36)57-50-33-37(35-16-5-2-6-17-35)27-31-47(50)56(46)48-24-13-23-44-52(48)40-19-7-10-21-42(40)55(44)43-22-11-8-20-41(43)53-45(55)29-28-39-38-18-9-12-25-51(38)58-54(39)53/h1-33H. The molecule has 58 heavy (non-hydrogen) atoms. The molecule has 1 atom stereocenters. The average molecular weight is 756 g/mol. The summed E-state index contributed by atoms with van der Waals surface area (Å²) in [7, 11) is 0. The monoisotopic (exact) mass is 755 g/mol. The van der Waals surface area contributed by atoms with Crippen LogP contribution in [0.25, 0.3) is 64.7 Å². The fourth-order valence-corrected chi connectivity index (χ4v) is 11.6. The van der Waals surface area contributed by atoms with Gasteiger partial charge in [0.25, 0.3) is 0 Å². The molecule has 2 heterocycles. The van der Waals surface area contributed by atoms with Gasteiger partial charge in [-0.15, -0.1) is 11.3 Å². The molecule has 0 N–H and O–H groups in total. The SMILES string of the molecule is c1ccc(-c2ccc3c(c2)Oc2cc(-c4ccccc4)ccc2N3c2cccc3c2-c2ccccc2C32c3ccccc3-c3c2ccc2c3sc3ccccc32)cc1. The van der Waals surface area contributed by atoms with Gasteiger partial charge in [0.15, 0.2) is 11.5 Å². The number of benzene rings is 9. The first kappa shape index (κ1) is 31.9. The maximum Gasteiger partial charge on any atom is 0.152 e. The highest BCUT2D eigenvalue weighted by atomic mass is 32.1. The highest BCUT2D eigenvalue weighted by Gasteiger charge is 2.53. The van der Waals surface area contributed by atoms with Crippen LogP contribution in [0.2, 0.25) is 0 Å². The maximum atomic E-state index is 6.95. The van der Waals surface area contributed by atoms with Crippen LogP contribution in [0.4, 0.5) is 17.1 Å². The molecule has 9 aromatic carbocycles. The summed E-state index contributed by atoms with van der Waals surface area (Å²) in [5.74, 6) is 1.67. The fraction of sp³-hybridized carbons (Fsp3) is 0.0182. The molecule has 0 fully saturated rings. The lowest BCUT2D eigenvalue weighted by atomic mass is 9.70. The zero-order chi connectivity index (χ0) is 38.0. The predicted molar refractivity (Wildman–Crippen MR) is 241 cm³/mol. The van der Waals surface area contributed by atoms with Crippen molar-refractivity contribution in [3.8, 4) is 56.0 Å². The van der Waals surface area contributed by atoms with E-state index in [2.05, 4.69) is 205 Å². The van der Waals surface area contributed by atoms with Crippen LogP contribution in [0.15, 0.2) is 200 Å². The molecule has 3 heteroatoms. The predicted octanol–water partition coefficient (Wildman–Crippen LogP) is 15.3. The van der Waals surface area contributed by atoms with E-state index >= 15 is 0 Å². The van der Waals surface area contributed by atoms with Crippen LogP contribution in [0.3, 0.4) is 0 Å². The molecule has 2 nitrogen and oxygen atoms in total. The summed E-state index contributed by atoms with van der Waals surface area (Å²) in [5, 5.41) is 2.66. The van der Waals surface area contributed by atoms with Gasteiger partial charge < -0.3 is 9.64 Å². The summed E-state index contributed by atoms with van der Waals surface area (Å²) in [4.78, 5) is 2.45. The van der Waals surface area contributed by atoms with Crippen molar-refractivity contribution in [1.82, 2.24) is 0 Å².